The number of hydrogen-bond acceptors (Lipinski definition) is 3. The van der Waals surface area contributed by atoms with Crippen molar-refractivity contribution in [2.24, 2.45) is 0 Å². The lowest BCUT2D eigenvalue weighted by molar-refractivity contribution is -0.117. The molecule has 1 amide bonds. The summed E-state index contributed by atoms with van der Waals surface area (Å²) < 4.78 is 13.6. The minimum Gasteiger partial charge on any atom is -0.368 e. The van der Waals surface area contributed by atoms with E-state index in [2.05, 4.69) is 15.1 Å². The van der Waals surface area contributed by atoms with E-state index >= 15 is 0 Å². The summed E-state index contributed by atoms with van der Waals surface area (Å²) in [5.74, 6) is -0.624. The Hall–Kier alpha value is -2.11. The van der Waals surface area contributed by atoms with E-state index < -0.39 is 5.82 Å². The fourth-order valence-electron chi connectivity index (χ4n) is 2.81. The summed E-state index contributed by atoms with van der Waals surface area (Å²) in [4.78, 5) is 16.4. The van der Waals surface area contributed by atoms with E-state index in [1.807, 2.05) is 24.3 Å². The second-order valence-electron chi connectivity index (χ2n) is 5.74. The number of benzene rings is 2. The first-order valence-electron chi connectivity index (χ1n) is 7.90. The first-order chi connectivity index (χ1) is 11.6. The molecule has 24 heavy (non-hydrogen) atoms. The van der Waals surface area contributed by atoms with Crippen molar-refractivity contribution in [2.45, 2.75) is 0 Å². The lowest BCUT2D eigenvalue weighted by atomic mass is 10.2. The lowest BCUT2D eigenvalue weighted by Gasteiger charge is -2.36. The zero-order chi connectivity index (χ0) is 16.9. The largest absolute Gasteiger partial charge is 0.368 e. The van der Waals surface area contributed by atoms with Crippen molar-refractivity contribution in [3.63, 3.8) is 0 Å². The van der Waals surface area contributed by atoms with Crippen LogP contribution in [0.15, 0.2) is 48.5 Å². The molecule has 1 saturated heterocycles. The second-order valence-corrected chi connectivity index (χ2v) is 6.15. The van der Waals surface area contributed by atoms with Crippen LogP contribution in [0.5, 0.6) is 0 Å². The van der Waals surface area contributed by atoms with Gasteiger partial charge in [0.25, 0.3) is 0 Å². The van der Waals surface area contributed by atoms with Gasteiger partial charge in [0.05, 0.1) is 22.9 Å². The van der Waals surface area contributed by atoms with Crippen LogP contribution in [-0.2, 0) is 4.79 Å². The fraction of sp³-hybridized carbons (Fsp3) is 0.278. The predicted octanol–water partition coefficient (Wildman–Crippen LogP) is 3.24. The highest BCUT2D eigenvalue weighted by atomic mass is 35.5. The monoisotopic (exact) mass is 347 g/mol. The minimum absolute atomic E-state index is 0.203. The van der Waals surface area contributed by atoms with Crippen LogP contribution in [0, 0.1) is 5.82 Å². The zero-order valence-electron chi connectivity index (χ0n) is 13.2. The second kappa shape index (κ2) is 7.64. The van der Waals surface area contributed by atoms with Crippen LogP contribution in [0.2, 0.25) is 5.02 Å². The molecule has 1 N–H and O–H groups in total. The number of halogens is 2. The fourth-order valence-corrected chi connectivity index (χ4v) is 3.07. The Morgan fingerprint density at radius 3 is 2.42 bits per heavy atom. The molecule has 0 saturated carbocycles. The van der Waals surface area contributed by atoms with E-state index in [0.29, 0.717) is 0 Å². The van der Waals surface area contributed by atoms with Crippen LogP contribution < -0.4 is 10.2 Å². The first-order valence-corrected chi connectivity index (χ1v) is 8.27. The lowest BCUT2D eigenvalue weighted by Crippen LogP contribution is -2.48. The molecule has 0 spiro atoms. The highest BCUT2D eigenvalue weighted by molar-refractivity contribution is 6.33. The molecule has 1 aliphatic rings. The van der Waals surface area contributed by atoms with Gasteiger partial charge in [-0.05, 0) is 24.3 Å². The predicted molar refractivity (Wildman–Crippen MR) is 95.1 cm³/mol. The van der Waals surface area contributed by atoms with Crippen LogP contribution in [0.3, 0.4) is 0 Å². The zero-order valence-corrected chi connectivity index (χ0v) is 14.0. The van der Waals surface area contributed by atoms with Crippen molar-refractivity contribution >= 4 is 28.9 Å². The number of hydrogen-bond donors (Lipinski definition) is 1. The van der Waals surface area contributed by atoms with E-state index in [9.17, 15) is 9.18 Å². The van der Waals surface area contributed by atoms with Crippen molar-refractivity contribution in [3.8, 4) is 0 Å². The summed E-state index contributed by atoms with van der Waals surface area (Å²) in [7, 11) is 0. The maximum atomic E-state index is 13.6. The maximum Gasteiger partial charge on any atom is 0.238 e. The summed E-state index contributed by atoms with van der Waals surface area (Å²) in [5, 5.41) is 3.36. The molecule has 0 aliphatic carbocycles. The van der Waals surface area contributed by atoms with E-state index in [1.54, 1.807) is 18.2 Å². The molecule has 126 valence electrons. The van der Waals surface area contributed by atoms with E-state index in [0.717, 1.165) is 36.9 Å². The molecule has 0 bridgehead atoms. The van der Waals surface area contributed by atoms with Gasteiger partial charge >= 0.3 is 0 Å². The van der Waals surface area contributed by atoms with Gasteiger partial charge in [0.15, 0.2) is 0 Å². The molecular weight excluding hydrogens is 329 g/mol. The average molecular weight is 348 g/mol. The quantitative estimate of drug-likeness (QED) is 0.922. The van der Waals surface area contributed by atoms with E-state index in [-0.39, 0.29) is 18.1 Å². The summed E-state index contributed by atoms with van der Waals surface area (Å²) in [6, 6.07) is 13.9. The molecule has 1 fully saturated rings. The van der Waals surface area contributed by atoms with Crippen LogP contribution in [0.1, 0.15) is 0 Å². The van der Waals surface area contributed by atoms with Crippen LogP contribution in [0.4, 0.5) is 15.8 Å². The summed E-state index contributed by atoms with van der Waals surface area (Å²) in [5.41, 5.74) is 1.24. The van der Waals surface area contributed by atoms with Gasteiger partial charge in [-0.1, -0.05) is 35.9 Å². The Labute approximate surface area is 145 Å². The smallest absolute Gasteiger partial charge is 0.238 e. The molecule has 0 aromatic heterocycles. The number of piperazine rings is 1. The topological polar surface area (TPSA) is 35.6 Å². The van der Waals surface area contributed by atoms with Crippen molar-refractivity contribution in [2.75, 3.05) is 42.9 Å². The Balaban J connectivity index is 1.51. The molecule has 2 aromatic rings. The Morgan fingerprint density at radius 2 is 1.71 bits per heavy atom. The SMILES string of the molecule is O=C(CN1CCN(c2ccccc2Cl)CC1)Nc1ccccc1F. The Morgan fingerprint density at radius 1 is 1.04 bits per heavy atom. The third-order valence-electron chi connectivity index (χ3n) is 4.08. The highest BCUT2D eigenvalue weighted by Crippen LogP contribution is 2.26. The Kier molecular flexibility index (Phi) is 5.33. The van der Waals surface area contributed by atoms with Gasteiger partial charge in [0.2, 0.25) is 5.91 Å². The van der Waals surface area contributed by atoms with Crippen molar-refractivity contribution in [3.05, 3.63) is 59.4 Å². The molecule has 0 unspecified atom stereocenters. The number of carbonyl (C=O) groups is 1. The number of rotatable bonds is 4. The molecule has 6 heteroatoms. The first kappa shape index (κ1) is 16.7. The number of amides is 1. The summed E-state index contributed by atoms with van der Waals surface area (Å²) in [6.07, 6.45) is 0. The molecule has 1 aliphatic heterocycles. The van der Waals surface area contributed by atoms with Crippen LogP contribution >= 0.6 is 11.6 Å². The van der Waals surface area contributed by atoms with Gasteiger partial charge in [-0.3, -0.25) is 9.69 Å². The van der Waals surface area contributed by atoms with Crippen LogP contribution in [-0.4, -0.2) is 43.5 Å². The van der Waals surface area contributed by atoms with Crippen molar-refractivity contribution < 1.29 is 9.18 Å². The number of nitrogens with one attached hydrogen (secondary N) is 1. The molecule has 4 nitrogen and oxygen atoms in total. The number of nitrogens with zero attached hydrogens (tertiary/aromatic N) is 2. The van der Waals surface area contributed by atoms with Gasteiger partial charge in [-0.15, -0.1) is 0 Å². The number of anilines is 2. The van der Waals surface area contributed by atoms with Crippen molar-refractivity contribution in [1.29, 1.82) is 0 Å². The van der Waals surface area contributed by atoms with Gasteiger partial charge in [0.1, 0.15) is 5.82 Å². The summed E-state index contributed by atoms with van der Waals surface area (Å²) >= 11 is 6.23. The van der Waals surface area contributed by atoms with Crippen molar-refractivity contribution in [1.82, 2.24) is 4.90 Å². The maximum absolute atomic E-state index is 13.6. The molecule has 3 rings (SSSR count). The third kappa shape index (κ3) is 4.04. The molecule has 0 atom stereocenters. The molecule has 0 radical (unpaired) electrons. The normalized spacial score (nSPS) is 15.3. The van der Waals surface area contributed by atoms with Gasteiger partial charge < -0.3 is 10.2 Å². The summed E-state index contributed by atoms with van der Waals surface area (Å²) in [6.45, 7) is 3.38. The molecule has 1 heterocycles. The Bertz CT molecular complexity index is 717. The highest BCUT2D eigenvalue weighted by Gasteiger charge is 2.20. The van der Waals surface area contributed by atoms with Gasteiger partial charge in [0, 0.05) is 26.2 Å². The third-order valence-corrected chi connectivity index (χ3v) is 4.40. The van der Waals surface area contributed by atoms with E-state index in [1.165, 1.54) is 6.07 Å². The molecular formula is C18H19ClFN3O. The van der Waals surface area contributed by atoms with E-state index in [4.69, 9.17) is 11.6 Å². The molecule has 2 aromatic carbocycles. The van der Waals surface area contributed by atoms with Gasteiger partial charge in [-0.2, -0.15) is 0 Å². The number of para-hydroxylation sites is 2. The van der Waals surface area contributed by atoms with Crippen LogP contribution in [0.25, 0.3) is 0 Å². The number of carbonyl (C=O) groups excluding carboxylic acids is 1. The minimum atomic E-state index is -0.422. The average Bonchev–Trinajstić information content (AvgIpc) is 2.58. The van der Waals surface area contributed by atoms with Gasteiger partial charge in [-0.25, -0.2) is 4.39 Å². The standard InChI is InChI=1S/C18H19ClFN3O/c19-14-5-1-4-8-17(14)23-11-9-22(10-12-23)13-18(24)21-16-7-3-2-6-15(16)20/h1-8H,9-13H2,(H,21,24).